The molecule has 6 heteroatoms. The van der Waals surface area contributed by atoms with Gasteiger partial charge in [0.15, 0.2) is 0 Å². The fourth-order valence-corrected chi connectivity index (χ4v) is 2.68. The van der Waals surface area contributed by atoms with Gasteiger partial charge < -0.3 is 4.74 Å². The van der Waals surface area contributed by atoms with E-state index in [1.165, 1.54) is 0 Å². The Hall–Kier alpha value is -0.620. The second kappa shape index (κ2) is 7.09. The average Bonchev–Trinajstić information content (AvgIpc) is 2.36. The third kappa shape index (κ3) is 4.94. The zero-order valence-corrected chi connectivity index (χ0v) is 13.1. The molecule has 102 valence electrons. The van der Waals surface area contributed by atoms with E-state index in [4.69, 9.17) is 4.74 Å². The topological polar surface area (TPSA) is 56.3 Å². The molecule has 0 aromatic carbocycles. The van der Waals surface area contributed by atoms with E-state index in [0.717, 1.165) is 11.4 Å². The lowest BCUT2D eigenvalue weighted by Gasteiger charge is -2.09. The molecule has 0 aliphatic heterocycles. The number of nitrogens with zero attached hydrogens (tertiary/aromatic N) is 1. The largest absolute Gasteiger partial charge is 0.492 e. The summed E-state index contributed by atoms with van der Waals surface area (Å²) in [4.78, 5) is 4.35. The van der Waals surface area contributed by atoms with Crippen LogP contribution in [0, 0.1) is 6.92 Å². The lowest BCUT2D eigenvalue weighted by Crippen LogP contribution is -2.12. The molecule has 0 bridgehead atoms. The number of aromatic nitrogens is 1. The van der Waals surface area contributed by atoms with Crippen molar-refractivity contribution in [1.82, 2.24) is 4.98 Å². The van der Waals surface area contributed by atoms with E-state index in [0.29, 0.717) is 24.1 Å². The van der Waals surface area contributed by atoms with Crippen LogP contribution in [0.5, 0.6) is 5.75 Å². The van der Waals surface area contributed by atoms with E-state index in [2.05, 4.69) is 20.9 Å². The number of alkyl halides is 1. The average molecular weight is 336 g/mol. The third-order valence-corrected chi connectivity index (χ3v) is 4.82. The Kier molecular flexibility index (Phi) is 6.08. The standard InChI is InChI=1S/C12H18BrNO3S/c1-3-18(15,16)8-4-7-17-12-6-5-10(2)14-11(12)9-13/h5-6H,3-4,7-9H2,1-2H3. The molecule has 0 aliphatic carbocycles. The first kappa shape index (κ1) is 15.4. The van der Waals surface area contributed by atoms with Gasteiger partial charge in [-0.1, -0.05) is 22.9 Å². The molecule has 1 aromatic heterocycles. The molecule has 0 amide bonds. The second-order valence-electron chi connectivity index (χ2n) is 3.97. The molecule has 0 fully saturated rings. The van der Waals surface area contributed by atoms with Crippen molar-refractivity contribution in [3.05, 3.63) is 23.5 Å². The number of sulfone groups is 1. The van der Waals surface area contributed by atoms with Crippen LogP contribution in [-0.4, -0.2) is 31.5 Å². The first-order chi connectivity index (χ1) is 8.48. The molecule has 0 saturated heterocycles. The van der Waals surface area contributed by atoms with Gasteiger partial charge in [0.1, 0.15) is 15.6 Å². The van der Waals surface area contributed by atoms with Crippen LogP contribution in [0.15, 0.2) is 12.1 Å². The highest BCUT2D eigenvalue weighted by Crippen LogP contribution is 2.19. The molecule has 18 heavy (non-hydrogen) atoms. The fourth-order valence-electron chi connectivity index (χ4n) is 1.43. The predicted molar refractivity (Wildman–Crippen MR) is 76.0 cm³/mol. The van der Waals surface area contributed by atoms with E-state index >= 15 is 0 Å². The van der Waals surface area contributed by atoms with E-state index in [-0.39, 0.29) is 11.5 Å². The summed E-state index contributed by atoms with van der Waals surface area (Å²) >= 11 is 3.36. The normalized spacial score (nSPS) is 11.5. The van der Waals surface area contributed by atoms with Crippen LogP contribution in [-0.2, 0) is 15.2 Å². The monoisotopic (exact) mass is 335 g/mol. The summed E-state index contributed by atoms with van der Waals surface area (Å²) < 4.78 is 28.2. The predicted octanol–water partition coefficient (Wildman–Crippen LogP) is 2.49. The Morgan fingerprint density at radius 1 is 1.39 bits per heavy atom. The van der Waals surface area contributed by atoms with Gasteiger partial charge in [0.05, 0.1) is 18.1 Å². The van der Waals surface area contributed by atoms with Crippen LogP contribution in [0.1, 0.15) is 24.7 Å². The number of aryl methyl sites for hydroxylation is 1. The van der Waals surface area contributed by atoms with Gasteiger partial charge in [0.25, 0.3) is 0 Å². The smallest absolute Gasteiger partial charge is 0.150 e. The quantitative estimate of drug-likeness (QED) is 0.567. The maximum Gasteiger partial charge on any atom is 0.150 e. The summed E-state index contributed by atoms with van der Waals surface area (Å²) in [7, 11) is -2.90. The zero-order valence-electron chi connectivity index (χ0n) is 10.6. The van der Waals surface area contributed by atoms with Gasteiger partial charge in [0.2, 0.25) is 0 Å². The summed E-state index contributed by atoms with van der Waals surface area (Å²) in [6.07, 6.45) is 0.506. The zero-order chi connectivity index (χ0) is 13.6. The molecule has 4 nitrogen and oxygen atoms in total. The van der Waals surface area contributed by atoms with E-state index < -0.39 is 9.84 Å². The SMILES string of the molecule is CCS(=O)(=O)CCCOc1ccc(C)nc1CBr. The molecule has 1 aromatic rings. The summed E-state index contributed by atoms with van der Waals surface area (Å²) in [5, 5.41) is 0.622. The van der Waals surface area contributed by atoms with Crippen molar-refractivity contribution in [2.45, 2.75) is 25.6 Å². The minimum Gasteiger partial charge on any atom is -0.492 e. The van der Waals surface area contributed by atoms with Gasteiger partial charge in [0, 0.05) is 16.8 Å². The molecule has 0 atom stereocenters. The van der Waals surface area contributed by atoms with E-state index in [1.807, 2.05) is 19.1 Å². The first-order valence-corrected chi connectivity index (χ1v) is 8.78. The van der Waals surface area contributed by atoms with Gasteiger partial charge in [-0.25, -0.2) is 8.42 Å². The summed E-state index contributed by atoms with van der Waals surface area (Å²) in [6, 6.07) is 3.75. The lowest BCUT2D eigenvalue weighted by atomic mass is 10.3. The fraction of sp³-hybridized carbons (Fsp3) is 0.583. The van der Waals surface area contributed by atoms with Crippen molar-refractivity contribution in [3.63, 3.8) is 0 Å². The molecule has 0 saturated carbocycles. The Morgan fingerprint density at radius 2 is 2.11 bits per heavy atom. The van der Waals surface area contributed by atoms with Crippen LogP contribution >= 0.6 is 15.9 Å². The highest BCUT2D eigenvalue weighted by atomic mass is 79.9. The Labute approximate surface area is 117 Å². The van der Waals surface area contributed by atoms with Crippen LogP contribution in [0.2, 0.25) is 0 Å². The molecule has 0 N–H and O–H groups in total. The minimum absolute atomic E-state index is 0.173. The van der Waals surface area contributed by atoms with Crippen molar-refractivity contribution < 1.29 is 13.2 Å². The number of pyridine rings is 1. The van der Waals surface area contributed by atoms with Crippen molar-refractivity contribution in [1.29, 1.82) is 0 Å². The number of rotatable bonds is 7. The van der Waals surface area contributed by atoms with Crippen LogP contribution in [0.4, 0.5) is 0 Å². The minimum atomic E-state index is -2.90. The Morgan fingerprint density at radius 3 is 2.72 bits per heavy atom. The van der Waals surface area contributed by atoms with Gasteiger partial charge in [-0.3, -0.25) is 4.98 Å². The molecule has 1 heterocycles. The van der Waals surface area contributed by atoms with Gasteiger partial charge in [-0.05, 0) is 25.5 Å². The number of hydrogen-bond donors (Lipinski definition) is 0. The highest BCUT2D eigenvalue weighted by molar-refractivity contribution is 9.08. The molecular weight excluding hydrogens is 318 g/mol. The summed E-state index contributed by atoms with van der Waals surface area (Å²) in [5.41, 5.74) is 1.78. The van der Waals surface area contributed by atoms with Gasteiger partial charge >= 0.3 is 0 Å². The highest BCUT2D eigenvalue weighted by Gasteiger charge is 2.08. The number of hydrogen-bond acceptors (Lipinski definition) is 4. The third-order valence-electron chi connectivity index (χ3n) is 2.50. The molecule has 0 aliphatic rings. The van der Waals surface area contributed by atoms with Gasteiger partial charge in [-0.2, -0.15) is 0 Å². The van der Waals surface area contributed by atoms with Crippen molar-refractivity contribution >= 4 is 25.8 Å². The molecule has 0 unspecified atom stereocenters. The van der Waals surface area contributed by atoms with Crippen molar-refractivity contribution in [2.24, 2.45) is 0 Å². The molecule has 0 spiro atoms. The summed E-state index contributed by atoms with van der Waals surface area (Å²) in [6.45, 7) is 3.97. The maximum atomic E-state index is 11.3. The lowest BCUT2D eigenvalue weighted by molar-refractivity contribution is 0.313. The van der Waals surface area contributed by atoms with Crippen LogP contribution in [0.25, 0.3) is 0 Å². The first-order valence-electron chi connectivity index (χ1n) is 5.84. The Balaban J connectivity index is 2.49. The van der Waals surface area contributed by atoms with E-state index in [1.54, 1.807) is 6.92 Å². The second-order valence-corrected chi connectivity index (χ2v) is 7.00. The van der Waals surface area contributed by atoms with Crippen LogP contribution < -0.4 is 4.74 Å². The van der Waals surface area contributed by atoms with E-state index in [9.17, 15) is 8.42 Å². The van der Waals surface area contributed by atoms with Crippen molar-refractivity contribution in [3.8, 4) is 5.75 Å². The molecular formula is C12H18BrNO3S. The summed E-state index contributed by atoms with van der Waals surface area (Å²) in [5.74, 6) is 1.07. The Bertz CT molecular complexity index is 488. The molecule has 1 rings (SSSR count). The molecule has 0 radical (unpaired) electrons. The number of halogens is 1. The number of ether oxygens (including phenoxy) is 1. The van der Waals surface area contributed by atoms with Crippen molar-refractivity contribution in [2.75, 3.05) is 18.1 Å². The maximum absolute atomic E-state index is 11.3. The van der Waals surface area contributed by atoms with Gasteiger partial charge in [-0.15, -0.1) is 0 Å². The van der Waals surface area contributed by atoms with Crippen LogP contribution in [0.3, 0.4) is 0 Å².